The minimum absolute atomic E-state index is 0.364. The third kappa shape index (κ3) is 4.28. The van der Waals surface area contributed by atoms with E-state index in [1.807, 2.05) is 0 Å². The van der Waals surface area contributed by atoms with Gasteiger partial charge >= 0.3 is 0 Å². The lowest BCUT2D eigenvalue weighted by molar-refractivity contribution is 0.0133. The molecule has 0 aliphatic carbocycles. The SMILES string of the molecule is CCOc1ccccc1C(CN1CCOCC1)N1CCNCC1C. The second-order valence-corrected chi connectivity index (χ2v) is 6.69. The fraction of sp³-hybridized carbons (Fsp3) is 0.684. The van der Waals surface area contributed by atoms with Crippen molar-refractivity contribution in [3.8, 4) is 5.75 Å². The highest BCUT2D eigenvalue weighted by atomic mass is 16.5. The summed E-state index contributed by atoms with van der Waals surface area (Å²) in [5, 5.41) is 3.51. The number of para-hydroxylation sites is 1. The molecule has 2 atom stereocenters. The lowest BCUT2D eigenvalue weighted by Crippen LogP contribution is -2.53. The lowest BCUT2D eigenvalue weighted by Gasteiger charge is -2.43. The zero-order chi connectivity index (χ0) is 16.8. The minimum atomic E-state index is 0.364. The van der Waals surface area contributed by atoms with Gasteiger partial charge in [-0.05, 0) is 19.9 Å². The molecule has 5 nitrogen and oxygen atoms in total. The van der Waals surface area contributed by atoms with Crippen LogP contribution in [0.15, 0.2) is 24.3 Å². The van der Waals surface area contributed by atoms with Gasteiger partial charge in [0, 0.05) is 50.9 Å². The standard InChI is InChI=1S/C19H31N3O2/c1-3-24-19-7-5-4-6-17(19)18(15-21-10-12-23-13-11-21)22-9-8-20-14-16(22)2/h4-7,16,18,20H,3,8-15H2,1-2H3. The van der Waals surface area contributed by atoms with Gasteiger partial charge in [-0.1, -0.05) is 18.2 Å². The average molecular weight is 333 g/mol. The molecule has 1 aromatic rings. The number of nitrogens with one attached hydrogen (secondary N) is 1. The highest BCUT2D eigenvalue weighted by Gasteiger charge is 2.30. The number of benzene rings is 1. The summed E-state index contributed by atoms with van der Waals surface area (Å²) in [6.07, 6.45) is 0. The quantitative estimate of drug-likeness (QED) is 0.858. The van der Waals surface area contributed by atoms with E-state index in [2.05, 4.69) is 53.2 Å². The molecule has 2 aliphatic rings. The summed E-state index contributed by atoms with van der Waals surface area (Å²) in [7, 11) is 0. The van der Waals surface area contributed by atoms with Gasteiger partial charge in [-0.3, -0.25) is 9.80 Å². The van der Waals surface area contributed by atoms with Crippen molar-refractivity contribution < 1.29 is 9.47 Å². The second-order valence-electron chi connectivity index (χ2n) is 6.69. The highest BCUT2D eigenvalue weighted by molar-refractivity contribution is 5.36. The summed E-state index contributed by atoms with van der Waals surface area (Å²) in [6.45, 7) is 13.0. The van der Waals surface area contributed by atoms with Crippen molar-refractivity contribution >= 4 is 0 Å². The molecule has 24 heavy (non-hydrogen) atoms. The maximum absolute atomic E-state index is 5.95. The van der Waals surface area contributed by atoms with E-state index in [4.69, 9.17) is 9.47 Å². The van der Waals surface area contributed by atoms with Gasteiger partial charge in [0.05, 0.1) is 25.9 Å². The average Bonchev–Trinajstić information content (AvgIpc) is 2.62. The first kappa shape index (κ1) is 17.7. The predicted octanol–water partition coefficient (Wildman–Crippen LogP) is 1.75. The molecule has 2 aliphatic heterocycles. The largest absolute Gasteiger partial charge is 0.494 e. The third-order valence-electron chi connectivity index (χ3n) is 5.07. The normalized spacial score (nSPS) is 24.7. The molecule has 1 N–H and O–H groups in total. The number of piperazine rings is 1. The fourth-order valence-electron chi connectivity index (χ4n) is 3.77. The van der Waals surface area contributed by atoms with Crippen molar-refractivity contribution in [3.05, 3.63) is 29.8 Å². The predicted molar refractivity (Wildman–Crippen MR) is 96.6 cm³/mol. The Morgan fingerprint density at radius 2 is 2.04 bits per heavy atom. The van der Waals surface area contributed by atoms with Crippen LogP contribution in [-0.2, 0) is 4.74 Å². The van der Waals surface area contributed by atoms with E-state index < -0.39 is 0 Å². The van der Waals surface area contributed by atoms with Crippen LogP contribution in [0.25, 0.3) is 0 Å². The van der Waals surface area contributed by atoms with Crippen LogP contribution < -0.4 is 10.1 Å². The Balaban J connectivity index is 1.85. The zero-order valence-electron chi connectivity index (χ0n) is 15.0. The van der Waals surface area contributed by atoms with Crippen LogP contribution in [0.3, 0.4) is 0 Å². The van der Waals surface area contributed by atoms with Crippen LogP contribution in [0, 0.1) is 0 Å². The maximum Gasteiger partial charge on any atom is 0.124 e. The van der Waals surface area contributed by atoms with E-state index in [1.165, 1.54) is 5.56 Å². The smallest absolute Gasteiger partial charge is 0.124 e. The summed E-state index contributed by atoms with van der Waals surface area (Å²) in [5.41, 5.74) is 1.32. The first-order valence-corrected chi connectivity index (χ1v) is 9.28. The molecule has 0 aromatic heterocycles. The number of rotatable bonds is 6. The molecular formula is C19H31N3O2. The van der Waals surface area contributed by atoms with Crippen molar-refractivity contribution in [2.24, 2.45) is 0 Å². The van der Waals surface area contributed by atoms with Crippen LogP contribution >= 0.6 is 0 Å². The molecule has 2 heterocycles. The summed E-state index contributed by atoms with van der Waals surface area (Å²) >= 11 is 0. The second kappa shape index (κ2) is 8.81. The molecule has 2 saturated heterocycles. The van der Waals surface area contributed by atoms with Crippen LogP contribution in [0.2, 0.25) is 0 Å². The monoisotopic (exact) mass is 333 g/mol. The Bertz CT molecular complexity index is 505. The molecule has 3 rings (SSSR count). The molecule has 0 amide bonds. The topological polar surface area (TPSA) is 37.0 Å². The van der Waals surface area contributed by atoms with Gasteiger partial charge in [0.2, 0.25) is 0 Å². The van der Waals surface area contributed by atoms with Crippen LogP contribution in [0.5, 0.6) is 5.75 Å². The van der Waals surface area contributed by atoms with E-state index in [-0.39, 0.29) is 0 Å². The van der Waals surface area contributed by atoms with E-state index in [9.17, 15) is 0 Å². The Morgan fingerprint density at radius 3 is 2.79 bits per heavy atom. The summed E-state index contributed by atoms with van der Waals surface area (Å²) < 4.78 is 11.5. The third-order valence-corrected chi connectivity index (χ3v) is 5.07. The number of nitrogens with zero attached hydrogens (tertiary/aromatic N) is 2. The molecule has 0 radical (unpaired) electrons. The lowest BCUT2D eigenvalue weighted by atomic mass is 10.00. The van der Waals surface area contributed by atoms with E-state index in [0.717, 1.165) is 58.2 Å². The summed E-state index contributed by atoms with van der Waals surface area (Å²) in [4.78, 5) is 5.18. The van der Waals surface area contributed by atoms with Gasteiger partial charge in [-0.25, -0.2) is 0 Å². The molecule has 5 heteroatoms. The van der Waals surface area contributed by atoms with Gasteiger partial charge in [0.25, 0.3) is 0 Å². The number of morpholine rings is 1. The summed E-state index contributed by atoms with van der Waals surface area (Å²) in [5.74, 6) is 1.03. The van der Waals surface area contributed by atoms with E-state index >= 15 is 0 Å². The van der Waals surface area contributed by atoms with Gasteiger partial charge < -0.3 is 14.8 Å². The highest BCUT2D eigenvalue weighted by Crippen LogP contribution is 2.32. The van der Waals surface area contributed by atoms with Gasteiger partial charge in [-0.2, -0.15) is 0 Å². The molecule has 2 unspecified atom stereocenters. The van der Waals surface area contributed by atoms with Crippen molar-refractivity contribution in [3.63, 3.8) is 0 Å². The Labute approximate surface area is 145 Å². The molecule has 2 fully saturated rings. The molecule has 134 valence electrons. The Hall–Kier alpha value is -1.14. The van der Waals surface area contributed by atoms with Gasteiger partial charge in [0.1, 0.15) is 5.75 Å². The molecule has 0 saturated carbocycles. The van der Waals surface area contributed by atoms with Gasteiger partial charge in [0.15, 0.2) is 0 Å². The van der Waals surface area contributed by atoms with Crippen LogP contribution in [0.1, 0.15) is 25.5 Å². The number of hydrogen-bond acceptors (Lipinski definition) is 5. The minimum Gasteiger partial charge on any atom is -0.494 e. The first-order chi connectivity index (χ1) is 11.8. The van der Waals surface area contributed by atoms with Crippen molar-refractivity contribution in [1.29, 1.82) is 0 Å². The van der Waals surface area contributed by atoms with Crippen LogP contribution in [0.4, 0.5) is 0 Å². The number of ether oxygens (including phenoxy) is 2. The van der Waals surface area contributed by atoms with E-state index in [0.29, 0.717) is 18.7 Å². The molecule has 1 aromatic carbocycles. The van der Waals surface area contributed by atoms with E-state index in [1.54, 1.807) is 0 Å². The summed E-state index contributed by atoms with van der Waals surface area (Å²) in [6, 6.07) is 9.45. The van der Waals surface area contributed by atoms with Crippen molar-refractivity contribution in [2.75, 3.05) is 59.1 Å². The molecule has 0 bridgehead atoms. The van der Waals surface area contributed by atoms with Crippen LogP contribution in [-0.4, -0.2) is 74.9 Å². The molecule has 0 spiro atoms. The zero-order valence-corrected chi connectivity index (χ0v) is 15.0. The molecular weight excluding hydrogens is 302 g/mol. The first-order valence-electron chi connectivity index (χ1n) is 9.28. The fourth-order valence-corrected chi connectivity index (χ4v) is 3.77. The number of hydrogen-bond donors (Lipinski definition) is 1. The van der Waals surface area contributed by atoms with Crippen molar-refractivity contribution in [1.82, 2.24) is 15.1 Å². The van der Waals surface area contributed by atoms with Crippen molar-refractivity contribution in [2.45, 2.75) is 25.9 Å². The van der Waals surface area contributed by atoms with Gasteiger partial charge in [-0.15, -0.1) is 0 Å². The Morgan fingerprint density at radius 1 is 1.25 bits per heavy atom. The Kier molecular flexibility index (Phi) is 6.49. The maximum atomic E-state index is 5.95.